The largest absolute Gasteiger partial charge is 0.355 e. The third-order valence-electron chi connectivity index (χ3n) is 2.03. The van der Waals surface area contributed by atoms with Crippen LogP contribution in [-0.2, 0) is 10.2 Å². The first-order valence-corrected chi connectivity index (χ1v) is 6.95. The van der Waals surface area contributed by atoms with E-state index in [0.717, 1.165) is 0 Å². The topological polar surface area (TPSA) is 87.3 Å². The summed E-state index contributed by atoms with van der Waals surface area (Å²) in [4.78, 5) is 11.6. The van der Waals surface area contributed by atoms with Gasteiger partial charge in [0.2, 0.25) is 0 Å². The molecule has 0 saturated carbocycles. The molecular formula is C11H17N3O3S. The van der Waals surface area contributed by atoms with Gasteiger partial charge in [-0.3, -0.25) is 9.52 Å². The molecule has 0 atom stereocenters. The number of amides is 1. The molecule has 0 spiro atoms. The minimum Gasteiger partial charge on any atom is -0.355 e. The average molecular weight is 271 g/mol. The summed E-state index contributed by atoms with van der Waals surface area (Å²) < 4.78 is 28.2. The summed E-state index contributed by atoms with van der Waals surface area (Å²) in [6.07, 6.45) is 0. The lowest BCUT2D eigenvalue weighted by atomic mass is 10.2. The number of anilines is 1. The van der Waals surface area contributed by atoms with Crippen molar-refractivity contribution < 1.29 is 13.2 Å². The molecule has 0 heterocycles. The zero-order valence-electron chi connectivity index (χ0n) is 10.5. The monoisotopic (exact) mass is 271 g/mol. The van der Waals surface area contributed by atoms with Gasteiger partial charge in [-0.1, -0.05) is 12.1 Å². The van der Waals surface area contributed by atoms with E-state index in [9.17, 15) is 13.2 Å². The van der Waals surface area contributed by atoms with Crippen LogP contribution in [0.25, 0.3) is 0 Å². The van der Waals surface area contributed by atoms with Gasteiger partial charge in [-0.25, -0.2) is 0 Å². The minimum absolute atomic E-state index is 0.227. The second kappa shape index (κ2) is 5.83. The molecule has 6 nitrogen and oxygen atoms in total. The van der Waals surface area contributed by atoms with Crippen LogP contribution in [0.1, 0.15) is 24.2 Å². The van der Waals surface area contributed by atoms with Crippen molar-refractivity contribution in [2.75, 3.05) is 11.8 Å². The molecule has 18 heavy (non-hydrogen) atoms. The first-order valence-electron chi connectivity index (χ1n) is 5.47. The normalized spacial score (nSPS) is 11.3. The Kier molecular flexibility index (Phi) is 4.69. The fourth-order valence-corrected chi connectivity index (χ4v) is 2.54. The van der Waals surface area contributed by atoms with Gasteiger partial charge in [0, 0.05) is 13.1 Å². The molecule has 7 heteroatoms. The first-order chi connectivity index (χ1) is 8.35. The van der Waals surface area contributed by atoms with Crippen molar-refractivity contribution in [1.82, 2.24) is 10.0 Å². The van der Waals surface area contributed by atoms with Crippen molar-refractivity contribution in [1.29, 1.82) is 0 Å². The van der Waals surface area contributed by atoms with E-state index < -0.39 is 10.2 Å². The predicted molar refractivity (Wildman–Crippen MR) is 70.6 cm³/mol. The molecule has 0 aliphatic rings. The zero-order valence-corrected chi connectivity index (χ0v) is 11.3. The van der Waals surface area contributed by atoms with Gasteiger partial charge in [0.25, 0.3) is 16.1 Å². The van der Waals surface area contributed by atoms with Crippen molar-refractivity contribution in [2.45, 2.75) is 19.9 Å². The van der Waals surface area contributed by atoms with Gasteiger partial charge < -0.3 is 5.32 Å². The van der Waals surface area contributed by atoms with E-state index in [-0.39, 0.29) is 23.2 Å². The highest BCUT2D eigenvalue weighted by molar-refractivity contribution is 7.90. The number of benzene rings is 1. The molecule has 0 fully saturated rings. The molecule has 1 aromatic rings. The highest BCUT2D eigenvalue weighted by Gasteiger charge is 2.16. The van der Waals surface area contributed by atoms with Crippen molar-refractivity contribution >= 4 is 21.8 Å². The maximum Gasteiger partial charge on any atom is 0.299 e. The lowest BCUT2D eigenvalue weighted by molar-refractivity contribution is 0.0964. The van der Waals surface area contributed by atoms with Crippen LogP contribution in [0, 0.1) is 0 Å². The van der Waals surface area contributed by atoms with Crippen molar-refractivity contribution in [2.24, 2.45) is 0 Å². The van der Waals surface area contributed by atoms with E-state index in [1.165, 1.54) is 13.1 Å². The standard InChI is InChI=1S/C11H17N3O3S/c1-8(2)13-18(16,17)14-10-7-5-4-6-9(10)11(15)12-3/h4-8,13-14H,1-3H3,(H,12,15). The van der Waals surface area contributed by atoms with Crippen molar-refractivity contribution in [3.63, 3.8) is 0 Å². The van der Waals surface area contributed by atoms with Crippen molar-refractivity contribution in [3.05, 3.63) is 29.8 Å². The molecule has 0 aliphatic carbocycles. The zero-order chi connectivity index (χ0) is 13.8. The molecule has 1 amide bonds. The van der Waals surface area contributed by atoms with Gasteiger partial charge in [0.05, 0.1) is 11.3 Å². The molecule has 3 N–H and O–H groups in total. The molecule has 0 unspecified atom stereocenters. The van der Waals surface area contributed by atoms with E-state index in [1.807, 2.05) is 0 Å². The Bertz CT molecular complexity index is 526. The van der Waals surface area contributed by atoms with Gasteiger partial charge in [-0.2, -0.15) is 13.1 Å². The average Bonchev–Trinajstić information content (AvgIpc) is 2.26. The van der Waals surface area contributed by atoms with Crippen LogP contribution in [0.4, 0.5) is 5.69 Å². The molecular weight excluding hydrogens is 254 g/mol. The molecule has 1 aromatic carbocycles. The number of para-hydroxylation sites is 1. The van der Waals surface area contributed by atoms with Crippen LogP contribution >= 0.6 is 0 Å². The maximum absolute atomic E-state index is 11.7. The summed E-state index contributed by atoms with van der Waals surface area (Å²) in [6, 6.07) is 6.17. The predicted octanol–water partition coefficient (Wildman–Crippen LogP) is 0.701. The Balaban J connectivity index is 3.01. The van der Waals surface area contributed by atoms with Crippen LogP contribution in [0.5, 0.6) is 0 Å². The van der Waals surface area contributed by atoms with Crippen LogP contribution in [0.3, 0.4) is 0 Å². The maximum atomic E-state index is 11.7. The Labute approximate surface area is 107 Å². The number of hydrogen-bond acceptors (Lipinski definition) is 3. The molecule has 0 aromatic heterocycles. The van der Waals surface area contributed by atoms with E-state index in [4.69, 9.17) is 0 Å². The fourth-order valence-electron chi connectivity index (χ4n) is 1.39. The first kappa shape index (κ1) is 14.5. The summed E-state index contributed by atoms with van der Waals surface area (Å²) in [6.45, 7) is 3.42. The van der Waals surface area contributed by atoms with Gasteiger partial charge in [-0.05, 0) is 26.0 Å². The third kappa shape index (κ3) is 4.01. The Morgan fingerprint density at radius 1 is 1.22 bits per heavy atom. The van der Waals surface area contributed by atoms with E-state index in [0.29, 0.717) is 0 Å². The summed E-state index contributed by atoms with van der Waals surface area (Å²) in [5, 5.41) is 2.45. The van der Waals surface area contributed by atoms with Gasteiger partial charge >= 0.3 is 0 Å². The second-order valence-corrected chi connectivity index (χ2v) is 5.45. The molecule has 0 bridgehead atoms. The SMILES string of the molecule is CNC(=O)c1ccccc1NS(=O)(=O)NC(C)C. The molecule has 1 rings (SSSR count). The van der Waals surface area contributed by atoms with Crippen molar-refractivity contribution in [3.8, 4) is 0 Å². The highest BCUT2D eigenvalue weighted by atomic mass is 32.2. The highest BCUT2D eigenvalue weighted by Crippen LogP contribution is 2.15. The smallest absolute Gasteiger partial charge is 0.299 e. The number of hydrogen-bond donors (Lipinski definition) is 3. The number of carbonyl (C=O) groups is 1. The fraction of sp³-hybridized carbons (Fsp3) is 0.364. The van der Waals surface area contributed by atoms with E-state index in [2.05, 4.69) is 14.8 Å². The second-order valence-electron chi connectivity index (χ2n) is 4.00. The molecule has 0 radical (unpaired) electrons. The van der Waals surface area contributed by atoms with Crippen LogP contribution in [-0.4, -0.2) is 27.4 Å². The third-order valence-corrected chi connectivity index (χ3v) is 3.30. The lowest BCUT2D eigenvalue weighted by Crippen LogP contribution is -2.35. The van der Waals surface area contributed by atoms with Gasteiger partial charge in [0.15, 0.2) is 0 Å². The van der Waals surface area contributed by atoms with Crippen LogP contribution < -0.4 is 14.8 Å². The Morgan fingerprint density at radius 3 is 2.39 bits per heavy atom. The molecule has 100 valence electrons. The van der Waals surface area contributed by atoms with Gasteiger partial charge in [-0.15, -0.1) is 0 Å². The van der Waals surface area contributed by atoms with E-state index in [1.54, 1.807) is 32.0 Å². The number of nitrogens with one attached hydrogen (secondary N) is 3. The number of rotatable bonds is 5. The lowest BCUT2D eigenvalue weighted by Gasteiger charge is -2.13. The van der Waals surface area contributed by atoms with Gasteiger partial charge in [0.1, 0.15) is 0 Å². The minimum atomic E-state index is -3.68. The molecule has 0 saturated heterocycles. The Morgan fingerprint density at radius 2 is 1.83 bits per heavy atom. The van der Waals surface area contributed by atoms with Crippen LogP contribution in [0.15, 0.2) is 24.3 Å². The summed E-state index contributed by atoms with van der Waals surface area (Å²) in [5.41, 5.74) is 0.513. The van der Waals surface area contributed by atoms with Crippen LogP contribution in [0.2, 0.25) is 0 Å². The number of carbonyl (C=O) groups excluding carboxylic acids is 1. The summed E-state index contributed by atoms with van der Waals surface area (Å²) >= 11 is 0. The molecule has 0 aliphatic heterocycles. The Hall–Kier alpha value is -1.60. The van der Waals surface area contributed by atoms with E-state index >= 15 is 0 Å². The summed E-state index contributed by atoms with van der Waals surface area (Å²) in [5.74, 6) is -0.349. The summed E-state index contributed by atoms with van der Waals surface area (Å²) in [7, 11) is -2.19. The quantitative estimate of drug-likeness (QED) is 0.736.